The van der Waals surface area contributed by atoms with Gasteiger partial charge in [0.25, 0.3) is 0 Å². The number of carbonyl (C=O) groups is 1. The van der Waals surface area contributed by atoms with E-state index in [1.165, 1.54) is 12.1 Å². The van der Waals surface area contributed by atoms with Gasteiger partial charge >= 0.3 is 0 Å². The van der Waals surface area contributed by atoms with Gasteiger partial charge in [-0.2, -0.15) is 5.26 Å². The molecule has 0 saturated carbocycles. The van der Waals surface area contributed by atoms with E-state index in [1.807, 2.05) is 6.07 Å². The Morgan fingerprint density at radius 2 is 2.29 bits per heavy atom. The first-order chi connectivity index (χ1) is 6.77. The minimum absolute atomic E-state index is 0.264. The number of thiophene rings is 1. The van der Waals surface area contributed by atoms with Gasteiger partial charge in [0.2, 0.25) is 0 Å². The molecule has 4 heteroatoms. The van der Waals surface area contributed by atoms with E-state index < -0.39 is 5.82 Å². The molecule has 2 rings (SSSR count). The number of fused-ring (bicyclic) bond motifs is 1. The van der Waals surface area contributed by atoms with Crippen molar-refractivity contribution in [1.29, 1.82) is 5.26 Å². The number of benzene rings is 1. The predicted octanol–water partition coefficient (Wildman–Crippen LogP) is 2.72. The van der Waals surface area contributed by atoms with Crippen LogP contribution in [-0.2, 0) is 0 Å². The highest BCUT2D eigenvalue weighted by Gasteiger charge is 2.13. The smallest absolute Gasteiger partial charge is 0.152 e. The zero-order chi connectivity index (χ0) is 10.1. The van der Waals surface area contributed by atoms with Crippen LogP contribution in [0.2, 0.25) is 0 Å². The quantitative estimate of drug-likeness (QED) is 0.671. The summed E-state index contributed by atoms with van der Waals surface area (Å²) in [4.78, 5) is 11.0. The molecule has 14 heavy (non-hydrogen) atoms. The molecule has 0 fully saturated rings. The molecule has 0 unspecified atom stereocenters. The van der Waals surface area contributed by atoms with Crippen LogP contribution in [0.4, 0.5) is 4.39 Å². The van der Waals surface area contributed by atoms with Gasteiger partial charge in [0.05, 0.1) is 10.3 Å². The summed E-state index contributed by atoms with van der Waals surface area (Å²) >= 11 is 1.01. The minimum Gasteiger partial charge on any atom is -0.298 e. The summed E-state index contributed by atoms with van der Waals surface area (Å²) in [7, 11) is 0. The summed E-state index contributed by atoms with van der Waals surface area (Å²) < 4.78 is 13.6. The second-order valence-corrected chi connectivity index (χ2v) is 3.71. The lowest BCUT2D eigenvalue weighted by Gasteiger charge is -1.90. The van der Waals surface area contributed by atoms with Crippen LogP contribution in [0.5, 0.6) is 0 Å². The van der Waals surface area contributed by atoms with Crippen molar-refractivity contribution < 1.29 is 9.18 Å². The summed E-state index contributed by atoms with van der Waals surface area (Å²) in [5.74, 6) is -0.392. The standard InChI is InChI=1S/C10H4FNOS/c11-8-3-1-2-6-7(5-13)9(4-12)14-10(6)8/h1-3,5H. The number of hydrogen-bond acceptors (Lipinski definition) is 3. The Bertz CT molecular complexity index is 553. The van der Waals surface area contributed by atoms with E-state index in [0.29, 0.717) is 16.4 Å². The third-order valence-corrected chi connectivity index (χ3v) is 3.06. The number of halogens is 1. The molecule has 2 aromatic rings. The topological polar surface area (TPSA) is 40.9 Å². The molecule has 0 spiro atoms. The Morgan fingerprint density at radius 1 is 1.50 bits per heavy atom. The highest BCUT2D eigenvalue weighted by molar-refractivity contribution is 7.20. The van der Waals surface area contributed by atoms with Gasteiger partial charge < -0.3 is 0 Å². The van der Waals surface area contributed by atoms with E-state index in [9.17, 15) is 9.18 Å². The SMILES string of the molecule is N#Cc1sc2c(F)cccc2c1C=O. The van der Waals surface area contributed by atoms with Gasteiger partial charge in [0.1, 0.15) is 16.8 Å². The maximum absolute atomic E-state index is 13.2. The van der Waals surface area contributed by atoms with E-state index in [4.69, 9.17) is 5.26 Å². The zero-order valence-corrected chi connectivity index (χ0v) is 7.77. The lowest BCUT2D eigenvalue weighted by molar-refractivity contribution is 0.112. The lowest BCUT2D eigenvalue weighted by atomic mass is 10.1. The number of nitriles is 1. The second-order valence-electron chi connectivity index (χ2n) is 2.69. The van der Waals surface area contributed by atoms with Crippen LogP contribution in [0.15, 0.2) is 18.2 Å². The molecule has 0 N–H and O–H groups in total. The predicted molar refractivity (Wildman–Crippen MR) is 51.9 cm³/mol. The summed E-state index contributed by atoms with van der Waals surface area (Å²) in [5.41, 5.74) is 0.284. The summed E-state index contributed by atoms with van der Waals surface area (Å²) in [5, 5.41) is 9.24. The number of aldehydes is 1. The molecule has 1 heterocycles. The zero-order valence-electron chi connectivity index (χ0n) is 6.95. The first kappa shape index (κ1) is 8.85. The maximum atomic E-state index is 13.2. The van der Waals surface area contributed by atoms with Crippen LogP contribution in [0.25, 0.3) is 10.1 Å². The molecule has 68 valence electrons. The van der Waals surface area contributed by atoms with Crippen molar-refractivity contribution in [1.82, 2.24) is 0 Å². The Kier molecular flexibility index (Phi) is 2.02. The fourth-order valence-corrected chi connectivity index (χ4v) is 2.28. The van der Waals surface area contributed by atoms with Gasteiger partial charge in [-0.25, -0.2) is 4.39 Å². The van der Waals surface area contributed by atoms with Crippen molar-refractivity contribution >= 4 is 27.7 Å². The molecule has 0 bridgehead atoms. The van der Waals surface area contributed by atoms with Crippen molar-refractivity contribution in [2.75, 3.05) is 0 Å². The van der Waals surface area contributed by atoms with E-state index in [1.54, 1.807) is 6.07 Å². The van der Waals surface area contributed by atoms with Crippen LogP contribution in [0, 0.1) is 17.1 Å². The molecule has 1 aromatic heterocycles. The molecule has 2 nitrogen and oxygen atoms in total. The maximum Gasteiger partial charge on any atom is 0.152 e. The van der Waals surface area contributed by atoms with Crippen molar-refractivity contribution in [3.05, 3.63) is 34.5 Å². The van der Waals surface area contributed by atoms with E-state index >= 15 is 0 Å². The van der Waals surface area contributed by atoms with Gasteiger partial charge in [-0.05, 0) is 6.07 Å². The first-order valence-corrected chi connectivity index (χ1v) is 4.66. The molecule has 0 atom stereocenters. The average Bonchev–Trinajstić information content (AvgIpc) is 2.57. The van der Waals surface area contributed by atoms with Gasteiger partial charge in [-0.1, -0.05) is 12.1 Å². The highest BCUT2D eigenvalue weighted by atomic mass is 32.1. The molecule has 0 saturated heterocycles. The van der Waals surface area contributed by atoms with E-state index in [2.05, 4.69) is 0 Å². The first-order valence-electron chi connectivity index (χ1n) is 3.84. The Labute approximate surface area is 83.2 Å². The molecular weight excluding hydrogens is 201 g/mol. The number of nitrogens with zero attached hydrogens (tertiary/aromatic N) is 1. The Balaban J connectivity index is 2.95. The van der Waals surface area contributed by atoms with Crippen molar-refractivity contribution in [3.63, 3.8) is 0 Å². The van der Waals surface area contributed by atoms with Crippen LogP contribution >= 0.6 is 11.3 Å². The van der Waals surface area contributed by atoms with Crippen LogP contribution in [0.1, 0.15) is 15.2 Å². The molecular formula is C10H4FNOS. The van der Waals surface area contributed by atoms with Crippen molar-refractivity contribution in [2.24, 2.45) is 0 Å². The van der Waals surface area contributed by atoms with Gasteiger partial charge in [0.15, 0.2) is 6.29 Å². The number of carbonyl (C=O) groups excluding carboxylic acids is 1. The minimum atomic E-state index is -0.392. The monoisotopic (exact) mass is 205 g/mol. The van der Waals surface area contributed by atoms with Crippen molar-refractivity contribution in [2.45, 2.75) is 0 Å². The summed E-state index contributed by atoms with van der Waals surface area (Å²) in [6.45, 7) is 0. The molecule has 0 aliphatic rings. The second kappa shape index (κ2) is 3.20. The Morgan fingerprint density at radius 3 is 2.93 bits per heavy atom. The third-order valence-electron chi connectivity index (χ3n) is 1.93. The fraction of sp³-hybridized carbons (Fsp3) is 0. The molecule has 0 aliphatic heterocycles. The molecule has 0 radical (unpaired) electrons. The van der Waals surface area contributed by atoms with E-state index in [-0.39, 0.29) is 10.4 Å². The third kappa shape index (κ3) is 1.10. The summed E-state index contributed by atoms with van der Waals surface area (Å²) in [6, 6.07) is 6.36. The number of rotatable bonds is 1. The Hall–Kier alpha value is -1.73. The summed E-state index contributed by atoms with van der Waals surface area (Å²) in [6.07, 6.45) is 0.594. The largest absolute Gasteiger partial charge is 0.298 e. The molecule has 1 aromatic carbocycles. The van der Waals surface area contributed by atoms with Crippen LogP contribution < -0.4 is 0 Å². The normalized spacial score (nSPS) is 10.0. The highest BCUT2D eigenvalue weighted by Crippen LogP contribution is 2.31. The molecule has 0 aliphatic carbocycles. The van der Waals surface area contributed by atoms with E-state index in [0.717, 1.165) is 11.3 Å². The number of hydrogen-bond donors (Lipinski definition) is 0. The van der Waals surface area contributed by atoms with Gasteiger partial charge in [-0.3, -0.25) is 4.79 Å². The molecule has 0 amide bonds. The van der Waals surface area contributed by atoms with Gasteiger partial charge in [0, 0.05) is 5.39 Å². The van der Waals surface area contributed by atoms with Gasteiger partial charge in [-0.15, -0.1) is 11.3 Å². The fourth-order valence-electron chi connectivity index (χ4n) is 1.30. The lowest BCUT2D eigenvalue weighted by Crippen LogP contribution is -1.80. The van der Waals surface area contributed by atoms with Crippen LogP contribution in [-0.4, -0.2) is 6.29 Å². The average molecular weight is 205 g/mol. The van der Waals surface area contributed by atoms with Crippen LogP contribution in [0.3, 0.4) is 0 Å². The van der Waals surface area contributed by atoms with Crippen molar-refractivity contribution in [3.8, 4) is 6.07 Å².